The number of carbonyl (C=O) groups is 1. The third kappa shape index (κ3) is 6.11. The largest absolute Gasteiger partial charge is 0.450 e. The molecule has 3 aromatic rings. The number of nitrogens with one attached hydrogen (secondary N) is 1. The molecule has 2 aliphatic rings. The van der Waals surface area contributed by atoms with Gasteiger partial charge in [-0.2, -0.15) is 5.10 Å². The van der Waals surface area contributed by atoms with Crippen LogP contribution in [-0.4, -0.2) is 83.1 Å². The predicted octanol–water partition coefficient (Wildman–Crippen LogP) is 3.33. The van der Waals surface area contributed by atoms with Crippen LogP contribution < -0.4 is 5.32 Å². The predicted molar refractivity (Wildman–Crippen MR) is 149 cm³/mol. The molecule has 1 saturated heterocycles. The Kier molecular flexibility index (Phi) is 8.77. The Morgan fingerprint density at radius 2 is 2.19 bits per heavy atom. The van der Waals surface area contributed by atoms with Gasteiger partial charge in [0.05, 0.1) is 48.4 Å². The molecule has 0 radical (unpaired) electrons. The Bertz CT molecular complexity index is 1560. The number of nitrogens with zero attached hydrogens (tertiary/aromatic N) is 7. The highest BCUT2D eigenvalue weighted by Gasteiger charge is 2.41. The number of carbonyl (C=O) groups excluding carboxylic acids is 1. The second-order valence-electron chi connectivity index (χ2n) is 9.46. The van der Waals surface area contributed by atoms with Crippen molar-refractivity contribution in [3.63, 3.8) is 0 Å². The molecule has 5 rings (SSSR count). The Labute approximate surface area is 242 Å². The van der Waals surface area contributed by atoms with E-state index in [0.29, 0.717) is 18.1 Å². The number of benzene rings is 1. The second kappa shape index (κ2) is 12.5. The van der Waals surface area contributed by atoms with E-state index in [1.165, 1.54) is 28.0 Å². The molecule has 4 atom stereocenters. The number of hydrogen-bond donors (Lipinski definition) is 3. The Morgan fingerprint density at radius 3 is 2.90 bits per heavy atom. The Morgan fingerprint density at radius 1 is 1.38 bits per heavy atom. The molecule has 1 aromatic carbocycles. The molecule has 0 saturated carbocycles. The molecule has 2 aromatic heterocycles. The molecule has 1 fully saturated rings. The van der Waals surface area contributed by atoms with E-state index >= 15 is 0 Å². The number of rotatable bonds is 8. The first-order chi connectivity index (χ1) is 20.2. The number of allylic oxidation sites excluding steroid dienone is 2. The van der Waals surface area contributed by atoms with Crippen LogP contribution in [0.1, 0.15) is 38.2 Å². The molecule has 222 valence electrons. The summed E-state index contributed by atoms with van der Waals surface area (Å²) in [5, 5.41) is 36.6. The molecule has 42 heavy (non-hydrogen) atoms. The summed E-state index contributed by atoms with van der Waals surface area (Å²) in [7, 11) is 0. The molecule has 0 spiro atoms. The van der Waals surface area contributed by atoms with Crippen LogP contribution in [0.25, 0.3) is 17.0 Å². The van der Waals surface area contributed by atoms with Crippen molar-refractivity contribution in [2.75, 3.05) is 25.1 Å². The van der Waals surface area contributed by atoms with Gasteiger partial charge < -0.3 is 19.7 Å². The maximum atomic E-state index is 14.4. The van der Waals surface area contributed by atoms with Crippen LogP contribution in [0.4, 0.5) is 19.3 Å². The standard InChI is InChI=1S/C26H28F2N8O5S/c1-4-40-26(39)32-18-7-15(6-17(27)23(18)28)19-10-35(34-33-19)20-8-21(41-22(11-37)24(20)38)25-30-12-31-36(25)13(2)5-16-9-29-14(3)42-16/h5-7,10,12,20-22,24,37-38H,2,4,8-9,11H2,1,3H3,(H,32,39)/b16-5+. The Balaban J connectivity index is 1.40. The van der Waals surface area contributed by atoms with Crippen LogP contribution in [0, 0.1) is 11.6 Å². The van der Waals surface area contributed by atoms with Crippen molar-refractivity contribution in [2.24, 2.45) is 4.99 Å². The zero-order valence-corrected chi connectivity index (χ0v) is 23.5. The minimum absolute atomic E-state index is 0.0447. The third-order valence-corrected chi connectivity index (χ3v) is 7.57. The maximum absolute atomic E-state index is 14.4. The van der Waals surface area contributed by atoms with Gasteiger partial charge in [-0.15, -0.1) is 5.10 Å². The van der Waals surface area contributed by atoms with Crippen LogP contribution in [0.2, 0.25) is 0 Å². The fraction of sp³-hybridized carbons (Fsp3) is 0.385. The number of halogens is 2. The fourth-order valence-electron chi connectivity index (χ4n) is 4.67. The Hall–Kier alpha value is -3.99. The van der Waals surface area contributed by atoms with E-state index in [-0.39, 0.29) is 24.3 Å². The first-order valence-electron chi connectivity index (χ1n) is 13.0. The quantitative estimate of drug-likeness (QED) is 0.349. The van der Waals surface area contributed by atoms with Crippen molar-refractivity contribution in [2.45, 2.75) is 44.6 Å². The van der Waals surface area contributed by atoms with Crippen LogP contribution in [0.15, 0.2) is 47.2 Å². The van der Waals surface area contributed by atoms with Crippen LogP contribution in [-0.2, 0) is 9.47 Å². The van der Waals surface area contributed by atoms with E-state index < -0.39 is 54.4 Å². The average Bonchev–Trinajstić information content (AvgIpc) is 3.73. The van der Waals surface area contributed by atoms with Crippen molar-refractivity contribution in [1.82, 2.24) is 29.8 Å². The summed E-state index contributed by atoms with van der Waals surface area (Å²) in [5.41, 5.74) is 0.371. The van der Waals surface area contributed by atoms with Gasteiger partial charge in [-0.1, -0.05) is 23.6 Å². The van der Waals surface area contributed by atoms with Gasteiger partial charge in [-0.3, -0.25) is 10.3 Å². The van der Waals surface area contributed by atoms with Gasteiger partial charge in [0.25, 0.3) is 0 Å². The van der Waals surface area contributed by atoms with Crippen LogP contribution in [0.5, 0.6) is 0 Å². The molecule has 16 heteroatoms. The molecular weight excluding hydrogens is 574 g/mol. The molecule has 4 heterocycles. The van der Waals surface area contributed by atoms with Gasteiger partial charge >= 0.3 is 6.09 Å². The maximum Gasteiger partial charge on any atom is 0.411 e. The number of hydrogen-bond acceptors (Lipinski definition) is 11. The van der Waals surface area contributed by atoms with Crippen molar-refractivity contribution >= 4 is 34.3 Å². The first kappa shape index (κ1) is 29.5. The van der Waals surface area contributed by atoms with E-state index in [1.54, 1.807) is 18.7 Å². The number of thioether (sulfide) groups is 1. The van der Waals surface area contributed by atoms with Gasteiger partial charge in [0, 0.05) is 16.9 Å². The summed E-state index contributed by atoms with van der Waals surface area (Å²) in [4.78, 5) is 21.5. The van der Waals surface area contributed by atoms with Crippen LogP contribution in [0.3, 0.4) is 0 Å². The summed E-state index contributed by atoms with van der Waals surface area (Å²) >= 11 is 1.54. The number of aliphatic imine (C=N–C) groups is 1. The zero-order valence-electron chi connectivity index (χ0n) is 22.6. The van der Waals surface area contributed by atoms with Gasteiger partial charge in [0.15, 0.2) is 17.5 Å². The van der Waals surface area contributed by atoms with Crippen molar-refractivity contribution in [1.29, 1.82) is 0 Å². The normalized spacial score (nSPS) is 23.2. The van der Waals surface area contributed by atoms with Gasteiger partial charge in [0.2, 0.25) is 0 Å². The summed E-state index contributed by atoms with van der Waals surface area (Å²) < 4.78 is 42.4. The van der Waals surface area contributed by atoms with Crippen LogP contribution >= 0.6 is 11.8 Å². The average molecular weight is 603 g/mol. The third-order valence-electron chi connectivity index (χ3n) is 6.63. The topological polar surface area (TPSA) is 162 Å². The number of aromatic nitrogens is 6. The van der Waals surface area contributed by atoms with E-state index in [4.69, 9.17) is 9.47 Å². The minimum Gasteiger partial charge on any atom is -0.450 e. The van der Waals surface area contributed by atoms with Gasteiger partial charge in [0.1, 0.15) is 30.3 Å². The molecule has 4 unspecified atom stereocenters. The van der Waals surface area contributed by atoms with Gasteiger partial charge in [-0.05, 0) is 32.1 Å². The highest BCUT2D eigenvalue weighted by Crippen LogP contribution is 2.38. The number of anilines is 1. The fourth-order valence-corrected chi connectivity index (χ4v) is 5.50. The second-order valence-corrected chi connectivity index (χ2v) is 10.8. The van der Waals surface area contributed by atoms with Crippen molar-refractivity contribution in [3.05, 3.63) is 59.7 Å². The number of aliphatic hydroxyl groups is 2. The molecule has 0 bridgehead atoms. The first-order valence-corrected chi connectivity index (χ1v) is 13.8. The van der Waals surface area contributed by atoms with Gasteiger partial charge in [-0.25, -0.2) is 27.9 Å². The molecule has 0 aliphatic carbocycles. The summed E-state index contributed by atoms with van der Waals surface area (Å²) in [6.07, 6.45) is 0.967. The number of ether oxygens (including phenoxy) is 2. The minimum atomic E-state index is -1.26. The summed E-state index contributed by atoms with van der Waals surface area (Å²) in [5.74, 6) is -2.07. The summed E-state index contributed by atoms with van der Waals surface area (Å²) in [6, 6.07) is 1.36. The molecule has 13 nitrogen and oxygen atoms in total. The monoisotopic (exact) mass is 602 g/mol. The van der Waals surface area contributed by atoms with Crippen molar-refractivity contribution in [3.8, 4) is 11.3 Å². The van der Waals surface area contributed by atoms with Crippen molar-refractivity contribution < 1.29 is 33.3 Å². The molecular formula is C26H28F2N8O5S. The lowest BCUT2D eigenvalue weighted by molar-refractivity contribution is -0.161. The lowest BCUT2D eigenvalue weighted by Crippen LogP contribution is -2.45. The van der Waals surface area contributed by atoms with E-state index in [1.807, 2.05) is 13.0 Å². The molecule has 2 aliphatic heterocycles. The summed E-state index contributed by atoms with van der Waals surface area (Å²) in [6.45, 7) is 7.70. The van der Waals surface area contributed by atoms with E-state index in [0.717, 1.165) is 16.0 Å². The lowest BCUT2D eigenvalue weighted by atomic mass is 9.95. The lowest BCUT2D eigenvalue weighted by Gasteiger charge is -2.38. The molecule has 1 amide bonds. The number of amides is 1. The SMILES string of the molecule is C=C(/C=C1\CN=C(C)S1)n1ncnc1C1CC(n2cc(-c3cc(F)c(F)c(NC(=O)OCC)c3)nn2)C(O)C(CO)O1. The highest BCUT2D eigenvalue weighted by atomic mass is 32.2. The highest BCUT2D eigenvalue weighted by molar-refractivity contribution is 8.17. The smallest absolute Gasteiger partial charge is 0.411 e. The van der Waals surface area contributed by atoms with E-state index in [9.17, 15) is 23.8 Å². The zero-order chi connectivity index (χ0) is 30.0. The van der Waals surface area contributed by atoms with E-state index in [2.05, 4.69) is 37.3 Å². The molecule has 3 N–H and O–H groups in total. The number of aliphatic hydroxyl groups excluding tert-OH is 2.